The average Bonchev–Trinajstić information content (AvgIpc) is 2.73. The molecule has 2 aromatic carbocycles. The first-order chi connectivity index (χ1) is 13.7. The lowest BCUT2D eigenvalue weighted by molar-refractivity contribution is 0.0638. The zero-order valence-electron chi connectivity index (χ0n) is 15.6. The Balaban J connectivity index is 1.34. The zero-order valence-corrected chi connectivity index (χ0v) is 15.6. The van der Waals surface area contributed by atoms with Crippen LogP contribution in [0.1, 0.15) is 11.1 Å². The molecule has 0 spiro atoms. The van der Waals surface area contributed by atoms with E-state index in [4.69, 9.17) is 4.74 Å². The van der Waals surface area contributed by atoms with Crippen LogP contribution in [0.3, 0.4) is 0 Å². The van der Waals surface area contributed by atoms with Crippen molar-refractivity contribution in [2.75, 3.05) is 19.7 Å². The van der Waals surface area contributed by atoms with Crippen LogP contribution in [0.15, 0.2) is 66.9 Å². The van der Waals surface area contributed by atoms with Gasteiger partial charge in [0.15, 0.2) is 0 Å². The Bertz CT molecular complexity index is 947. The molecule has 1 aliphatic rings. The second-order valence-corrected chi connectivity index (χ2v) is 7.09. The van der Waals surface area contributed by atoms with Crippen molar-refractivity contribution < 1.29 is 14.2 Å². The van der Waals surface area contributed by atoms with Gasteiger partial charge in [0, 0.05) is 31.4 Å². The van der Waals surface area contributed by atoms with Crippen LogP contribution in [-0.4, -0.2) is 40.8 Å². The van der Waals surface area contributed by atoms with Crippen molar-refractivity contribution in [3.8, 4) is 16.9 Å². The quantitative estimate of drug-likeness (QED) is 0.665. The number of ether oxygens (including phenoxy) is 1. The number of aromatic nitrogens is 1. The number of halogens is 1. The summed E-state index contributed by atoms with van der Waals surface area (Å²) >= 11 is 0. The van der Waals surface area contributed by atoms with Crippen LogP contribution in [0.5, 0.6) is 5.75 Å². The van der Waals surface area contributed by atoms with Crippen LogP contribution in [0.2, 0.25) is 0 Å². The van der Waals surface area contributed by atoms with E-state index in [9.17, 15) is 9.50 Å². The van der Waals surface area contributed by atoms with Crippen LogP contribution < -0.4 is 4.74 Å². The molecule has 1 N–H and O–H groups in total. The Morgan fingerprint density at radius 1 is 1.07 bits per heavy atom. The second-order valence-electron chi connectivity index (χ2n) is 7.09. The van der Waals surface area contributed by atoms with Gasteiger partial charge < -0.3 is 9.84 Å². The summed E-state index contributed by atoms with van der Waals surface area (Å²) in [5.74, 6) is 0.0915. The maximum Gasteiger partial charge on any atom is 0.220 e. The maximum atomic E-state index is 13.9. The van der Waals surface area contributed by atoms with E-state index < -0.39 is 12.1 Å². The summed E-state index contributed by atoms with van der Waals surface area (Å²) in [4.78, 5) is 5.94. The minimum Gasteiger partial charge on any atom is -0.491 e. The van der Waals surface area contributed by atoms with Gasteiger partial charge in [0.1, 0.15) is 18.5 Å². The van der Waals surface area contributed by atoms with Crippen LogP contribution in [-0.2, 0) is 13.0 Å². The fourth-order valence-electron chi connectivity index (χ4n) is 3.61. The van der Waals surface area contributed by atoms with Gasteiger partial charge in [0.25, 0.3) is 0 Å². The molecule has 144 valence electrons. The molecule has 0 radical (unpaired) electrons. The maximum absolute atomic E-state index is 13.9. The molecule has 3 aromatic rings. The van der Waals surface area contributed by atoms with E-state index in [-0.39, 0.29) is 6.61 Å². The van der Waals surface area contributed by atoms with Gasteiger partial charge in [0.05, 0.1) is 0 Å². The van der Waals surface area contributed by atoms with Gasteiger partial charge in [-0.05, 0) is 47.4 Å². The van der Waals surface area contributed by atoms with E-state index in [2.05, 4.69) is 34.1 Å². The Morgan fingerprint density at radius 2 is 1.93 bits per heavy atom. The van der Waals surface area contributed by atoms with Crippen LogP contribution in [0, 0.1) is 5.95 Å². The molecule has 1 aromatic heterocycles. The van der Waals surface area contributed by atoms with Crippen LogP contribution in [0.4, 0.5) is 4.39 Å². The van der Waals surface area contributed by atoms with Gasteiger partial charge in [-0.2, -0.15) is 4.39 Å². The SMILES string of the molecule is OC(COc1cccc(-c2cccnc2F)c1)CN1CCc2ccccc2C1. The lowest BCUT2D eigenvalue weighted by Crippen LogP contribution is -2.38. The third-order valence-electron chi connectivity index (χ3n) is 5.03. The Hall–Kier alpha value is -2.76. The van der Waals surface area contributed by atoms with E-state index in [1.807, 2.05) is 18.2 Å². The summed E-state index contributed by atoms with van der Waals surface area (Å²) in [6.45, 7) is 2.54. The number of aliphatic hydroxyl groups is 1. The minimum absolute atomic E-state index is 0.192. The molecule has 5 heteroatoms. The number of hydrogen-bond acceptors (Lipinski definition) is 4. The molecular formula is C23H23FN2O2. The topological polar surface area (TPSA) is 45.6 Å². The van der Waals surface area contributed by atoms with Crippen molar-refractivity contribution >= 4 is 0 Å². The predicted octanol–water partition coefficient (Wildman–Crippen LogP) is 3.69. The zero-order chi connectivity index (χ0) is 19.3. The minimum atomic E-state index is -0.593. The highest BCUT2D eigenvalue weighted by Crippen LogP contribution is 2.25. The van der Waals surface area contributed by atoms with Crippen LogP contribution >= 0.6 is 0 Å². The summed E-state index contributed by atoms with van der Waals surface area (Å²) in [6, 6.07) is 19.0. The molecule has 0 aliphatic carbocycles. The molecule has 1 aliphatic heterocycles. The first kappa shape index (κ1) is 18.6. The molecule has 4 rings (SSSR count). The summed E-state index contributed by atoms with van der Waals surface area (Å²) in [5.41, 5.74) is 3.85. The van der Waals surface area contributed by atoms with E-state index in [1.165, 1.54) is 17.3 Å². The monoisotopic (exact) mass is 378 g/mol. The Labute approximate surface area is 164 Å². The van der Waals surface area contributed by atoms with Crippen molar-refractivity contribution in [1.82, 2.24) is 9.88 Å². The standard InChI is InChI=1S/C23H23FN2O2/c24-23-22(9-4-11-25-23)18-7-3-8-21(13-18)28-16-20(27)15-26-12-10-17-5-1-2-6-19(17)14-26/h1-9,11,13,20,27H,10,12,14-16H2. The first-order valence-electron chi connectivity index (χ1n) is 9.50. The van der Waals surface area contributed by atoms with Crippen LogP contribution in [0.25, 0.3) is 11.1 Å². The van der Waals surface area contributed by atoms with E-state index in [1.54, 1.807) is 18.2 Å². The van der Waals surface area contributed by atoms with Gasteiger partial charge in [-0.15, -0.1) is 0 Å². The number of pyridine rings is 1. The number of benzene rings is 2. The van der Waals surface area contributed by atoms with Gasteiger partial charge >= 0.3 is 0 Å². The number of nitrogens with zero attached hydrogens (tertiary/aromatic N) is 2. The largest absolute Gasteiger partial charge is 0.491 e. The number of hydrogen-bond donors (Lipinski definition) is 1. The normalized spacial score (nSPS) is 15.1. The third-order valence-corrected chi connectivity index (χ3v) is 5.03. The van der Waals surface area contributed by atoms with Crippen molar-refractivity contribution in [1.29, 1.82) is 0 Å². The Morgan fingerprint density at radius 3 is 2.79 bits per heavy atom. The summed E-state index contributed by atoms with van der Waals surface area (Å²) in [5, 5.41) is 10.4. The molecule has 0 saturated heterocycles. The van der Waals surface area contributed by atoms with E-state index in [0.717, 1.165) is 19.5 Å². The van der Waals surface area contributed by atoms with Crippen molar-refractivity contribution in [3.05, 3.63) is 83.9 Å². The highest BCUT2D eigenvalue weighted by atomic mass is 19.1. The Kier molecular flexibility index (Phi) is 5.65. The predicted molar refractivity (Wildman–Crippen MR) is 107 cm³/mol. The first-order valence-corrected chi connectivity index (χ1v) is 9.50. The lowest BCUT2D eigenvalue weighted by atomic mass is 10.00. The van der Waals surface area contributed by atoms with E-state index >= 15 is 0 Å². The molecule has 2 heterocycles. The molecule has 0 amide bonds. The highest BCUT2D eigenvalue weighted by molar-refractivity contribution is 5.64. The van der Waals surface area contributed by atoms with Crippen molar-refractivity contribution in [2.45, 2.75) is 19.1 Å². The molecule has 28 heavy (non-hydrogen) atoms. The van der Waals surface area contributed by atoms with Crippen molar-refractivity contribution in [3.63, 3.8) is 0 Å². The number of aliphatic hydroxyl groups excluding tert-OH is 1. The number of β-amino-alcohol motifs (C(OH)–C–C–N with tert-alkyl or cyclic N) is 1. The summed E-state index contributed by atoms with van der Waals surface area (Å²) < 4.78 is 19.7. The highest BCUT2D eigenvalue weighted by Gasteiger charge is 2.18. The van der Waals surface area contributed by atoms with Gasteiger partial charge in [0.2, 0.25) is 5.95 Å². The average molecular weight is 378 g/mol. The van der Waals surface area contributed by atoms with E-state index in [0.29, 0.717) is 23.4 Å². The second kappa shape index (κ2) is 8.50. The summed E-state index contributed by atoms with van der Waals surface area (Å²) in [6.07, 6.45) is 1.83. The molecule has 1 atom stereocenters. The van der Waals surface area contributed by atoms with Gasteiger partial charge in [-0.1, -0.05) is 36.4 Å². The third kappa shape index (κ3) is 4.38. The molecule has 1 unspecified atom stereocenters. The lowest BCUT2D eigenvalue weighted by Gasteiger charge is -2.30. The smallest absolute Gasteiger partial charge is 0.220 e. The fourth-order valence-corrected chi connectivity index (χ4v) is 3.61. The molecule has 0 fully saturated rings. The number of rotatable bonds is 6. The molecule has 0 bridgehead atoms. The fraction of sp³-hybridized carbons (Fsp3) is 0.261. The van der Waals surface area contributed by atoms with Gasteiger partial charge in [-0.3, -0.25) is 4.90 Å². The molecule has 4 nitrogen and oxygen atoms in total. The van der Waals surface area contributed by atoms with Crippen molar-refractivity contribution in [2.24, 2.45) is 0 Å². The van der Waals surface area contributed by atoms with Gasteiger partial charge in [-0.25, -0.2) is 4.98 Å². The number of fused-ring (bicyclic) bond motifs is 1. The summed E-state index contributed by atoms with van der Waals surface area (Å²) in [7, 11) is 0. The molecular weight excluding hydrogens is 355 g/mol. The molecule has 0 saturated carbocycles.